The van der Waals surface area contributed by atoms with Crippen LogP contribution in [0.2, 0.25) is 0 Å². The van der Waals surface area contributed by atoms with Crippen LogP contribution in [0.5, 0.6) is 5.75 Å². The molecule has 138 valence electrons. The molecule has 3 aromatic rings. The Bertz CT molecular complexity index is 1010. The van der Waals surface area contributed by atoms with Crippen molar-refractivity contribution in [2.45, 2.75) is 6.36 Å². The molecule has 2 aromatic carbocycles. The number of rotatable bonds is 4. The van der Waals surface area contributed by atoms with Crippen LogP contribution in [-0.4, -0.2) is 26.6 Å². The van der Waals surface area contributed by atoms with Gasteiger partial charge in [-0.2, -0.15) is 9.94 Å². The van der Waals surface area contributed by atoms with Crippen molar-refractivity contribution < 1.29 is 26.7 Å². The summed E-state index contributed by atoms with van der Waals surface area (Å²) in [6.07, 6.45) is -4.83. The minimum absolute atomic E-state index is 0.137. The van der Waals surface area contributed by atoms with E-state index in [1.807, 2.05) is 0 Å². The van der Waals surface area contributed by atoms with Crippen molar-refractivity contribution in [2.24, 2.45) is 0 Å². The number of ether oxygens (including phenoxy) is 1. The van der Waals surface area contributed by atoms with E-state index in [0.29, 0.717) is 6.07 Å². The van der Waals surface area contributed by atoms with E-state index in [-0.39, 0.29) is 17.3 Å². The predicted molar refractivity (Wildman–Crippen MR) is 80.2 cm³/mol. The zero-order valence-corrected chi connectivity index (χ0v) is 13.0. The van der Waals surface area contributed by atoms with Crippen LogP contribution < -0.4 is 10.1 Å². The third-order valence-electron chi connectivity index (χ3n) is 3.21. The van der Waals surface area contributed by atoms with Gasteiger partial charge in [0.25, 0.3) is 5.95 Å². The average molecular weight is 382 g/mol. The summed E-state index contributed by atoms with van der Waals surface area (Å²) in [5.74, 6) is -2.46. The van der Waals surface area contributed by atoms with Crippen LogP contribution in [0.15, 0.2) is 36.4 Å². The normalized spacial score (nSPS) is 11.1. The van der Waals surface area contributed by atoms with Crippen LogP contribution in [0.3, 0.4) is 0 Å². The van der Waals surface area contributed by atoms with Crippen molar-refractivity contribution in [1.29, 1.82) is 5.26 Å². The summed E-state index contributed by atoms with van der Waals surface area (Å²) >= 11 is 0. The van der Waals surface area contributed by atoms with Gasteiger partial charge in [0.05, 0.1) is 16.9 Å². The number of benzene rings is 2. The van der Waals surface area contributed by atoms with Crippen LogP contribution in [0.4, 0.5) is 33.6 Å². The first-order chi connectivity index (χ1) is 12.8. The number of hydrogen-bond donors (Lipinski definition) is 1. The highest BCUT2D eigenvalue weighted by molar-refractivity contribution is 5.58. The molecular formula is C15H7F5N6O. The highest BCUT2D eigenvalue weighted by Gasteiger charge is 2.31. The fraction of sp³-hybridized carbons (Fsp3) is 0.0667. The van der Waals surface area contributed by atoms with Gasteiger partial charge in [0.1, 0.15) is 23.5 Å². The van der Waals surface area contributed by atoms with Crippen LogP contribution >= 0.6 is 0 Å². The highest BCUT2D eigenvalue weighted by atomic mass is 19.4. The smallest absolute Gasteiger partial charge is 0.406 e. The van der Waals surface area contributed by atoms with Crippen molar-refractivity contribution in [1.82, 2.24) is 20.2 Å². The summed E-state index contributed by atoms with van der Waals surface area (Å²) in [5, 5.41) is 21.8. The minimum Gasteiger partial charge on any atom is -0.406 e. The van der Waals surface area contributed by atoms with Gasteiger partial charge in [-0.25, -0.2) is 8.78 Å². The van der Waals surface area contributed by atoms with Gasteiger partial charge in [-0.1, -0.05) is 5.10 Å². The van der Waals surface area contributed by atoms with E-state index < -0.39 is 29.3 Å². The Labute approximate surface area is 147 Å². The van der Waals surface area contributed by atoms with E-state index in [1.54, 1.807) is 0 Å². The van der Waals surface area contributed by atoms with Crippen LogP contribution in [0.25, 0.3) is 5.69 Å². The van der Waals surface area contributed by atoms with Gasteiger partial charge in [-0.05, 0) is 40.8 Å². The first-order valence-electron chi connectivity index (χ1n) is 7.07. The van der Waals surface area contributed by atoms with E-state index >= 15 is 0 Å². The second-order valence-electron chi connectivity index (χ2n) is 5.00. The number of nitrogens with one attached hydrogen (secondary N) is 1. The van der Waals surface area contributed by atoms with Crippen molar-refractivity contribution in [3.8, 4) is 17.5 Å². The van der Waals surface area contributed by atoms with Gasteiger partial charge in [-0.3, -0.25) is 0 Å². The maximum atomic E-state index is 14.0. The molecule has 27 heavy (non-hydrogen) atoms. The van der Waals surface area contributed by atoms with E-state index in [2.05, 4.69) is 25.6 Å². The fourth-order valence-electron chi connectivity index (χ4n) is 2.08. The first-order valence-corrected chi connectivity index (χ1v) is 7.07. The number of nitriles is 1. The quantitative estimate of drug-likeness (QED) is 0.696. The van der Waals surface area contributed by atoms with E-state index in [4.69, 9.17) is 5.26 Å². The molecule has 0 amide bonds. The van der Waals surface area contributed by atoms with Crippen molar-refractivity contribution in [2.75, 3.05) is 5.32 Å². The second-order valence-corrected chi connectivity index (χ2v) is 5.00. The van der Waals surface area contributed by atoms with Gasteiger partial charge >= 0.3 is 6.36 Å². The summed E-state index contributed by atoms with van der Waals surface area (Å²) in [6.45, 7) is 0. The van der Waals surface area contributed by atoms with Crippen molar-refractivity contribution >= 4 is 11.6 Å². The Kier molecular flexibility index (Phi) is 4.59. The monoisotopic (exact) mass is 382 g/mol. The fourth-order valence-corrected chi connectivity index (χ4v) is 2.08. The standard InChI is InChI=1S/C15H7F5N6O/c16-11-6-13(12(17)5-8(11)7-21)22-14-23-24-25-26(14)9-1-3-10(4-2-9)27-15(18,19)20/h1-6H,(H,22,23,25). The number of tetrazole rings is 1. The number of anilines is 2. The summed E-state index contributed by atoms with van der Waals surface area (Å²) in [7, 11) is 0. The molecule has 1 aromatic heterocycles. The van der Waals surface area contributed by atoms with E-state index in [1.165, 1.54) is 18.2 Å². The molecule has 0 aliphatic carbocycles. The molecule has 12 heteroatoms. The average Bonchev–Trinajstić information content (AvgIpc) is 3.05. The summed E-state index contributed by atoms with van der Waals surface area (Å²) in [4.78, 5) is 0. The van der Waals surface area contributed by atoms with Gasteiger partial charge in [0.2, 0.25) is 0 Å². The third kappa shape index (κ3) is 4.09. The topological polar surface area (TPSA) is 88.7 Å². The number of hydrogen-bond acceptors (Lipinski definition) is 6. The van der Waals surface area contributed by atoms with Crippen molar-refractivity contribution in [3.05, 3.63) is 53.6 Å². The molecule has 0 bridgehead atoms. The molecule has 0 saturated heterocycles. The zero-order valence-electron chi connectivity index (χ0n) is 13.0. The molecule has 0 spiro atoms. The van der Waals surface area contributed by atoms with Crippen LogP contribution in [0.1, 0.15) is 5.56 Å². The molecule has 1 heterocycles. The largest absolute Gasteiger partial charge is 0.573 e. The Morgan fingerprint density at radius 3 is 2.41 bits per heavy atom. The lowest BCUT2D eigenvalue weighted by Crippen LogP contribution is -2.17. The lowest BCUT2D eigenvalue weighted by atomic mass is 10.2. The summed E-state index contributed by atoms with van der Waals surface area (Å²) in [5.41, 5.74) is -0.580. The zero-order chi connectivity index (χ0) is 19.6. The Balaban J connectivity index is 1.87. The van der Waals surface area contributed by atoms with Crippen molar-refractivity contribution in [3.63, 3.8) is 0 Å². The van der Waals surface area contributed by atoms with Gasteiger partial charge in [0.15, 0.2) is 0 Å². The van der Waals surface area contributed by atoms with Crippen LogP contribution in [0, 0.1) is 23.0 Å². The third-order valence-corrected chi connectivity index (χ3v) is 3.21. The molecular weight excluding hydrogens is 375 g/mol. The van der Waals surface area contributed by atoms with Gasteiger partial charge in [0, 0.05) is 6.07 Å². The molecule has 3 rings (SSSR count). The number of alkyl halides is 3. The maximum absolute atomic E-state index is 14.0. The highest BCUT2D eigenvalue weighted by Crippen LogP contribution is 2.26. The lowest BCUT2D eigenvalue weighted by molar-refractivity contribution is -0.274. The molecule has 7 nitrogen and oxygen atoms in total. The Morgan fingerprint density at radius 1 is 1.07 bits per heavy atom. The van der Waals surface area contributed by atoms with E-state index in [0.717, 1.165) is 22.9 Å². The minimum atomic E-state index is -4.83. The van der Waals surface area contributed by atoms with Crippen LogP contribution in [-0.2, 0) is 0 Å². The number of halogens is 5. The molecule has 0 saturated carbocycles. The molecule has 1 N–H and O–H groups in total. The Morgan fingerprint density at radius 2 is 1.78 bits per heavy atom. The SMILES string of the molecule is N#Cc1cc(F)c(Nc2nnnn2-c2ccc(OC(F)(F)F)cc2)cc1F. The van der Waals surface area contributed by atoms with E-state index in [9.17, 15) is 22.0 Å². The number of nitrogens with zero attached hydrogens (tertiary/aromatic N) is 5. The predicted octanol–water partition coefficient (Wildman–Crippen LogP) is 3.45. The second kappa shape index (κ2) is 6.87. The molecule has 0 fully saturated rings. The summed E-state index contributed by atoms with van der Waals surface area (Å²) < 4.78 is 69.0. The molecule has 0 aliphatic heterocycles. The van der Waals surface area contributed by atoms with Gasteiger partial charge in [-0.15, -0.1) is 13.2 Å². The number of aromatic nitrogens is 4. The first kappa shape index (κ1) is 18.1. The molecule has 0 aliphatic rings. The lowest BCUT2D eigenvalue weighted by Gasteiger charge is -2.10. The van der Waals surface area contributed by atoms with Gasteiger partial charge < -0.3 is 10.1 Å². The molecule has 0 radical (unpaired) electrons. The molecule has 0 unspecified atom stereocenters. The summed E-state index contributed by atoms with van der Waals surface area (Å²) in [6, 6.07) is 7.51. The molecule has 0 atom stereocenters. The Hall–Kier alpha value is -3.75. The maximum Gasteiger partial charge on any atom is 0.573 e.